The number of benzene rings is 4. The van der Waals surface area contributed by atoms with Gasteiger partial charge >= 0.3 is 5.69 Å². The van der Waals surface area contributed by atoms with Gasteiger partial charge in [0.2, 0.25) is 23.6 Å². The molecule has 14 nitrogen and oxygen atoms in total. The fraction of sp³-hybridized carbons (Fsp3) is 0.383. The summed E-state index contributed by atoms with van der Waals surface area (Å²) in [7, 11) is 5.20. The van der Waals surface area contributed by atoms with Crippen molar-refractivity contribution in [3.05, 3.63) is 117 Å². The van der Waals surface area contributed by atoms with Crippen molar-refractivity contribution in [1.29, 1.82) is 0 Å². The van der Waals surface area contributed by atoms with E-state index in [2.05, 4.69) is 10.2 Å². The number of rotatable bonds is 12. The first-order valence-corrected chi connectivity index (χ1v) is 21.5. The van der Waals surface area contributed by atoms with E-state index in [0.29, 0.717) is 41.5 Å². The zero-order chi connectivity index (χ0) is 43.8. The molecule has 4 heterocycles. The quantitative estimate of drug-likeness (QED) is 0.167. The Balaban J connectivity index is 0.891. The summed E-state index contributed by atoms with van der Waals surface area (Å²) in [6, 6.07) is 23.9. The maximum atomic E-state index is 14.0. The molecule has 3 aliphatic heterocycles. The Morgan fingerprint density at radius 2 is 1.63 bits per heavy atom. The lowest BCUT2D eigenvalue weighted by molar-refractivity contribution is -0.136. The van der Waals surface area contributed by atoms with E-state index in [0.717, 1.165) is 65.2 Å². The Bertz CT molecular complexity index is 2580. The standard InChI is InChI=1S/C47H52ClN7O7/c1-29(2)62-41-27-36-32(25-40(41)61-5)26-43(57)54(45(36)31-7-9-33(48)10-8-31)35-13-11-34(12-14-35)50(3)28-44(58)53-22-20-52(21-23-53)19-18-30-6-15-37-39(24-30)51(4)47(60)55(37)38-16-17-42(56)49-46(38)59/h6-15,24-25,27,29,38,45H,16-23,26,28H2,1-5H3,(H,49,56,59)/t38?,45-/m0/s1. The number of nitrogens with zero attached hydrogens (tertiary/aromatic N) is 6. The van der Waals surface area contributed by atoms with Crippen LogP contribution in [0.4, 0.5) is 11.4 Å². The number of ether oxygens (including phenoxy) is 2. The zero-order valence-electron chi connectivity index (χ0n) is 35.7. The van der Waals surface area contributed by atoms with E-state index < -0.39 is 18.0 Å². The van der Waals surface area contributed by atoms with Gasteiger partial charge in [-0.1, -0.05) is 29.8 Å². The number of imide groups is 1. The number of hydrogen-bond acceptors (Lipinski definition) is 9. The lowest BCUT2D eigenvalue weighted by atomic mass is 9.86. The van der Waals surface area contributed by atoms with E-state index in [1.54, 1.807) is 18.7 Å². The second kappa shape index (κ2) is 17.7. The predicted molar refractivity (Wildman–Crippen MR) is 238 cm³/mol. The molecule has 0 bridgehead atoms. The smallest absolute Gasteiger partial charge is 0.329 e. The van der Waals surface area contributed by atoms with Crippen LogP contribution >= 0.6 is 11.6 Å². The minimum atomic E-state index is -0.717. The van der Waals surface area contributed by atoms with E-state index in [-0.39, 0.29) is 48.9 Å². The fourth-order valence-electron chi connectivity index (χ4n) is 8.89. The lowest BCUT2D eigenvalue weighted by Crippen LogP contribution is -2.51. The van der Waals surface area contributed by atoms with Crippen molar-refractivity contribution in [2.75, 3.05) is 63.2 Å². The maximum Gasteiger partial charge on any atom is 0.329 e. The third kappa shape index (κ3) is 8.53. The third-order valence-corrected chi connectivity index (χ3v) is 12.4. The number of hydrogen-bond donors (Lipinski definition) is 1. The molecule has 2 atom stereocenters. The van der Waals surface area contributed by atoms with Crippen LogP contribution in [0.2, 0.25) is 5.02 Å². The number of carbonyl (C=O) groups is 4. The summed E-state index contributed by atoms with van der Waals surface area (Å²) in [6.07, 6.45) is 1.37. The molecule has 0 radical (unpaired) electrons. The second-order valence-electron chi connectivity index (χ2n) is 16.6. The highest BCUT2D eigenvalue weighted by Crippen LogP contribution is 2.44. The van der Waals surface area contributed by atoms with Crippen molar-refractivity contribution in [2.45, 2.75) is 57.7 Å². The van der Waals surface area contributed by atoms with E-state index >= 15 is 0 Å². The minimum absolute atomic E-state index is 0.0450. The molecular weight excluding hydrogens is 810 g/mol. The average molecular weight is 862 g/mol. The summed E-state index contributed by atoms with van der Waals surface area (Å²) in [6.45, 7) is 7.67. The van der Waals surface area contributed by atoms with Crippen LogP contribution in [0.15, 0.2) is 83.7 Å². The number of fused-ring (bicyclic) bond motifs is 2. The van der Waals surface area contributed by atoms with Crippen LogP contribution in [0.3, 0.4) is 0 Å². The van der Waals surface area contributed by atoms with Crippen LogP contribution in [0.1, 0.15) is 61.0 Å². The molecule has 1 aromatic heterocycles. The van der Waals surface area contributed by atoms with Crippen LogP contribution in [0.5, 0.6) is 11.5 Å². The molecule has 0 saturated carbocycles. The van der Waals surface area contributed by atoms with Crippen LogP contribution in [0, 0.1) is 0 Å². The summed E-state index contributed by atoms with van der Waals surface area (Å²) in [5.41, 5.74) is 6.52. The first kappa shape index (κ1) is 42.6. The van der Waals surface area contributed by atoms with Gasteiger partial charge in [-0.25, -0.2) is 4.79 Å². The summed E-state index contributed by atoms with van der Waals surface area (Å²) in [5.74, 6) is 0.423. The second-order valence-corrected chi connectivity index (χ2v) is 17.0. The predicted octanol–water partition coefficient (Wildman–Crippen LogP) is 5.27. The number of halogens is 1. The van der Waals surface area contributed by atoms with Gasteiger partial charge in [-0.3, -0.25) is 38.5 Å². The number of piperazine rings is 1. The largest absolute Gasteiger partial charge is 0.493 e. The molecule has 4 aromatic carbocycles. The number of amides is 4. The molecule has 1 N–H and O–H groups in total. The lowest BCUT2D eigenvalue weighted by Gasteiger charge is -2.38. The number of carbonyl (C=O) groups excluding carboxylic acids is 4. The molecule has 15 heteroatoms. The first-order chi connectivity index (χ1) is 29.8. The van der Waals surface area contributed by atoms with Crippen molar-refractivity contribution in [2.24, 2.45) is 7.05 Å². The van der Waals surface area contributed by atoms with E-state index in [9.17, 15) is 24.0 Å². The van der Waals surface area contributed by atoms with Crippen molar-refractivity contribution >= 4 is 57.6 Å². The van der Waals surface area contributed by atoms with Gasteiger partial charge in [-0.15, -0.1) is 0 Å². The molecule has 324 valence electrons. The van der Waals surface area contributed by atoms with Gasteiger partial charge in [0.25, 0.3) is 0 Å². The van der Waals surface area contributed by atoms with Crippen molar-refractivity contribution < 1.29 is 28.7 Å². The molecule has 3 aliphatic rings. The zero-order valence-corrected chi connectivity index (χ0v) is 36.5. The highest BCUT2D eigenvalue weighted by molar-refractivity contribution is 6.30. The third-order valence-electron chi connectivity index (χ3n) is 12.2. The molecule has 5 aromatic rings. The number of likely N-dealkylation sites (N-methyl/N-ethyl adjacent to an activating group) is 1. The van der Waals surface area contributed by atoms with Gasteiger partial charge < -0.3 is 24.2 Å². The monoisotopic (exact) mass is 861 g/mol. The van der Waals surface area contributed by atoms with Gasteiger partial charge in [0.15, 0.2) is 11.5 Å². The summed E-state index contributed by atoms with van der Waals surface area (Å²) >= 11 is 6.30. The van der Waals surface area contributed by atoms with Crippen LogP contribution in [-0.4, -0.2) is 102 Å². The molecule has 8 rings (SSSR count). The van der Waals surface area contributed by atoms with Crippen molar-refractivity contribution in [3.63, 3.8) is 0 Å². The SMILES string of the molecule is COc1cc2c(cc1OC(C)C)[C@H](c1ccc(Cl)cc1)N(c1ccc(N(C)CC(=O)N3CCN(CCc4ccc5c(c4)n(C)c(=O)n5C4CCC(=O)NC4=O)CC3)cc1)C(=O)C2. The number of imidazole rings is 1. The topological polar surface area (TPSA) is 139 Å². The highest BCUT2D eigenvalue weighted by Gasteiger charge is 2.37. The highest BCUT2D eigenvalue weighted by atomic mass is 35.5. The van der Waals surface area contributed by atoms with Gasteiger partial charge in [-0.2, -0.15) is 0 Å². The van der Waals surface area contributed by atoms with Crippen LogP contribution in [-0.2, 0) is 39.1 Å². The van der Waals surface area contributed by atoms with Crippen molar-refractivity contribution in [3.8, 4) is 11.5 Å². The molecule has 2 fully saturated rings. The molecular formula is C47H52ClN7O7. The Labute approximate surface area is 365 Å². The van der Waals surface area contributed by atoms with E-state index in [1.165, 1.54) is 4.57 Å². The van der Waals surface area contributed by atoms with Crippen LogP contribution in [0.25, 0.3) is 11.0 Å². The average Bonchev–Trinajstić information content (AvgIpc) is 3.50. The molecule has 1 unspecified atom stereocenters. The summed E-state index contributed by atoms with van der Waals surface area (Å²) in [4.78, 5) is 73.1. The van der Waals surface area contributed by atoms with Gasteiger partial charge in [0.1, 0.15) is 6.04 Å². The molecule has 62 heavy (non-hydrogen) atoms. The van der Waals surface area contributed by atoms with E-state index in [4.69, 9.17) is 21.1 Å². The molecule has 2 saturated heterocycles. The van der Waals surface area contributed by atoms with Crippen LogP contribution < -0.4 is 30.3 Å². The number of anilines is 2. The Morgan fingerprint density at radius 3 is 2.31 bits per heavy atom. The summed E-state index contributed by atoms with van der Waals surface area (Å²) < 4.78 is 14.9. The Kier molecular flexibility index (Phi) is 12.2. The first-order valence-electron chi connectivity index (χ1n) is 21.1. The number of aryl methyl sites for hydroxylation is 1. The normalized spacial score (nSPS) is 18.3. The maximum absolute atomic E-state index is 14.0. The number of methoxy groups -OCH3 is 1. The minimum Gasteiger partial charge on any atom is -0.493 e. The number of nitrogens with one attached hydrogen (secondary N) is 1. The number of piperidine rings is 1. The number of aromatic nitrogens is 2. The van der Waals surface area contributed by atoms with E-state index in [1.807, 2.05) is 114 Å². The molecule has 0 spiro atoms. The Hall–Kier alpha value is -6.12. The van der Waals surface area contributed by atoms with Gasteiger partial charge in [-0.05, 0) is 110 Å². The summed E-state index contributed by atoms with van der Waals surface area (Å²) in [5, 5.41) is 2.96. The van der Waals surface area contributed by atoms with Gasteiger partial charge in [0, 0.05) is 69.6 Å². The molecule has 4 amide bonds. The molecule has 0 aliphatic carbocycles. The Morgan fingerprint density at radius 1 is 0.903 bits per heavy atom. The van der Waals surface area contributed by atoms with Crippen molar-refractivity contribution in [1.82, 2.24) is 24.3 Å². The fourth-order valence-corrected chi connectivity index (χ4v) is 9.02. The van der Waals surface area contributed by atoms with Gasteiger partial charge in [0.05, 0.1) is 43.3 Å².